The average molecular weight is 664 g/mol. The monoisotopic (exact) mass is 663 g/mol. The van der Waals surface area contributed by atoms with Crippen LogP contribution in [0.15, 0.2) is 78.0 Å². The Hall–Kier alpha value is -4.65. The maximum atomic E-state index is 13.2. The molecule has 10 nitrogen and oxygen atoms in total. The molecule has 1 aliphatic carbocycles. The molecule has 13 heteroatoms. The highest BCUT2D eigenvalue weighted by Crippen LogP contribution is 2.51. The van der Waals surface area contributed by atoms with Crippen molar-refractivity contribution in [2.75, 3.05) is 38.2 Å². The van der Waals surface area contributed by atoms with Gasteiger partial charge in [-0.15, -0.1) is 0 Å². The van der Waals surface area contributed by atoms with Gasteiger partial charge in [-0.25, -0.2) is 9.98 Å². The number of piperidine rings is 1. The summed E-state index contributed by atoms with van der Waals surface area (Å²) in [7, 11) is 0. The number of allylic oxidation sites excluding steroid dienone is 1. The molecular weight excluding hydrogens is 623 g/mol. The molecular formula is C35H40F3N7O3. The highest BCUT2D eigenvalue weighted by molar-refractivity contribution is 6.06. The van der Waals surface area contributed by atoms with Gasteiger partial charge in [0.25, 0.3) is 5.91 Å². The van der Waals surface area contributed by atoms with E-state index in [4.69, 9.17) is 9.73 Å². The van der Waals surface area contributed by atoms with E-state index in [1.54, 1.807) is 30.5 Å². The van der Waals surface area contributed by atoms with Crippen LogP contribution in [0.1, 0.15) is 61.0 Å². The van der Waals surface area contributed by atoms with Gasteiger partial charge in [0.15, 0.2) is 5.84 Å². The third-order valence-electron chi connectivity index (χ3n) is 9.45. The molecule has 1 aromatic carbocycles. The summed E-state index contributed by atoms with van der Waals surface area (Å²) in [5, 5.41) is 12.8. The number of alkyl halides is 3. The first-order valence-electron chi connectivity index (χ1n) is 16.1. The lowest BCUT2D eigenvalue weighted by molar-refractivity contribution is -0.170. The standard InChI is InChI=1S/C35H40F3N7O3/c1-4-39-30-29(43-26(18-42-30)33(2)12-13-33)28(41-17-22-6-5-15-45(19-22)32(47)34(3)20-48-21-34)23-7-9-24(10-8-23)31(46)44-27-16-25(11-14-40-27)35(36,37)38/h4,7-11,14,16,18,22,41,43H,1,5-6,12-13,15,17,19-21H2,2-3H3,(H,39,42)(H,40,44,46)/b29-28-/t22-/m0/s1. The number of benzene rings is 1. The smallest absolute Gasteiger partial charge is 0.382 e. The minimum absolute atomic E-state index is 0.00451. The van der Waals surface area contributed by atoms with Gasteiger partial charge in [-0.2, -0.15) is 13.2 Å². The zero-order chi connectivity index (χ0) is 34.1. The van der Waals surface area contributed by atoms with Crippen LogP contribution in [0.4, 0.5) is 19.0 Å². The summed E-state index contributed by atoms with van der Waals surface area (Å²) in [5.41, 5.74) is 2.12. The van der Waals surface area contributed by atoms with Crippen LogP contribution in [-0.4, -0.2) is 60.4 Å². The van der Waals surface area contributed by atoms with E-state index in [2.05, 4.69) is 39.8 Å². The molecule has 48 heavy (non-hydrogen) atoms. The molecule has 2 aromatic rings. The molecule has 2 saturated heterocycles. The van der Waals surface area contributed by atoms with Gasteiger partial charge >= 0.3 is 6.18 Å². The van der Waals surface area contributed by atoms with Crippen molar-refractivity contribution in [1.29, 1.82) is 0 Å². The molecule has 1 saturated carbocycles. The third-order valence-corrected chi connectivity index (χ3v) is 9.45. The number of amidine groups is 1. The summed E-state index contributed by atoms with van der Waals surface area (Å²) < 4.78 is 44.9. The molecule has 0 bridgehead atoms. The van der Waals surface area contributed by atoms with Gasteiger partial charge in [-0.1, -0.05) is 25.6 Å². The van der Waals surface area contributed by atoms with Crippen LogP contribution in [0.25, 0.3) is 5.70 Å². The van der Waals surface area contributed by atoms with Gasteiger partial charge in [0.05, 0.1) is 29.9 Å². The largest absolute Gasteiger partial charge is 0.416 e. The number of nitrogens with zero attached hydrogens (tertiary/aromatic N) is 3. The minimum Gasteiger partial charge on any atom is -0.382 e. The van der Waals surface area contributed by atoms with Crippen LogP contribution in [0.3, 0.4) is 0 Å². The summed E-state index contributed by atoms with van der Waals surface area (Å²) in [4.78, 5) is 36.8. The quantitative estimate of drug-likeness (QED) is 0.289. The molecule has 0 spiro atoms. The summed E-state index contributed by atoms with van der Waals surface area (Å²) in [6.07, 6.45) is 3.79. The minimum atomic E-state index is -4.56. The van der Waals surface area contributed by atoms with Crippen LogP contribution in [-0.2, 0) is 15.7 Å². The number of nitrogens with one attached hydrogen (secondary N) is 4. The fourth-order valence-corrected chi connectivity index (χ4v) is 6.13. The molecule has 2 amide bonds. The molecule has 4 aliphatic rings. The lowest BCUT2D eigenvalue weighted by Crippen LogP contribution is -2.55. The van der Waals surface area contributed by atoms with E-state index in [1.165, 1.54) is 0 Å². The number of aliphatic imine (C=N–C) groups is 1. The highest BCUT2D eigenvalue weighted by atomic mass is 19.4. The van der Waals surface area contributed by atoms with E-state index in [0.717, 1.165) is 67.5 Å². The summed E-state index contributed by atoms with van der Waals surface area (Å²) in [6.45, 7) is 10.8. The third kappa shape index (κ3) is 7.10. The maximum Gasteiger partial charge on any atom is 0.416 e. The number of hydrogen-bond acceptors (Lipinski definition) is 8. The number of hydrogen-bond donors (Lipinski definition) is 4. The first-order valence-corrected chi connectivity index (χ1v) is 16.1. The Kier molecular flexibility index (Phi) is 9.08. The van der Waals surface area contributed by atoms with Crippen LogP contribution in [0, 0.1) is 16.7 Å². The van der Waals surface area contributed by atoms with E-state index >= 15 is 0 Å². The topological polar surface area (TPSA) is 120 Å². The van der Waals surface area contributed by atoms with Crippen molar-refractivity contribution in [2.24, 2.45) is 21.7 Å². The number of amides is 2. The number of carbonyl (C=O) groups is 2. The van der Waals surface area contributed by atoms with Crippen molar-refractivity contribution in [3.05, 3.63) is 89.7 Å². The summed E-state index contributed by atoms with van der Waals surface area (Å²) >= 11 is 0. The Balaban J connectivity index is 1.25. The molecule has 4 heterocycles. The van der Waals surface area contributed by atoms with Crippen LogP contribution in [0.2, 0.25) is 0 Å². The summed E-state index contributed by atoms with van der Waals surface area (Å²) in [6, 6.07) is 8.43. The number of rotatable bonds is 9. The van der Waals surface area contributed by atoms with Gasteiger partial charge in [0.2, 0.25) is 5.91 Å². The molecule has 1 aromatic heterocycles. The lowest BCUT2D eigenvalue weighted by Gasteiger charge is -2.43. The van der Waals surface area contributed by atoms with Crippen LogP contribution >= 0.6 is 0 Å². The number of aromatic nitrogens is 1. The highest BCUT2D eigenvalue weighted by Gasteiger charge is 2.45. The van der Waals surface area contributed by atoms with Gasteiger partial charge in [-0.3, -0.25) is 9.59 Å². The zero-order valence-corrected chi connectivity index (χ0v) is 27.0. The molecule has 6 rings (SSSR count). The van der Waals surface area contributed by atoms with E-state index in [0.29, 0.717) is 37.8 Å². The number of anilines is 1. The number of carbonyl (C=O) groups excluding carboxylic acids is 2. The first-order chi connectivity index (χ1) is 22.9. The SMILES string of the molecule is C=CNC1=NC=C(C2(C)CC2)N/C1=C(\NC[C@@H]1CCCN(C(=O)C2(C)COC2)C1)c1ccc(C(=O)Nc2cc(C(F)(F)F)ccn2)cc1. The normalized spacial score (nSPS) is 22.2. The molecule has 0 radical (unpaired) electrons. The second-order valence-electron chi connectivity index (χ2n) is 13.5. The molecule has 1 atom stereocenters. The van der Waals surface area contributed by atoms with Gasteiger partial charge < -0.3 is 30.9 Å². The van der Waals surface area contributed by atoms with E-state index in [9.17, 15) is 22.8 Å². The number of ether oxygens (including phenoxy) is 1. The van der Waals surface area contributed by atoms with Crippen molar-refractivity contribution in [3.8, 4) is 0 Å². The Morgan fingerprint density at radius 1 is 1.15 bits per heavy atom. The second-order valence-corrected chi connectivity index (χ2v) is 13.5. The summed E-state index contributed by atoms with van der Waals surface area (Å²) in [5.74, 6) is 0.109. The Morgan fingerprint density at radius 3 is 2.52 bits per heavy atom. The fourth-order valence-electron chi connectivity index (χ4n) is 6.13. The van der Waals surface area contributed by atoms with Crippen molar-refractivity contribution >= 4 is 29.2 Å². The van der Waals surface area contributed by atoms with E-state index in [1.807, 2.05) is 18.0 Å². The predicted octanol–water partition coefficient (Wildman–Crippen LogP) is 5.26. The number of halogens is 3. The molecule has 3 fully saturated rings. The molecule has 3 aliphatic heterocycles. The van der Waals surface area contributed by atoms with Gasteiger partial charge in [0.1, 0.15) is 11.5 Å². The first kappa shape index (κ1) is 33.3. The maximum absolute atomic E-state index is 13.2. The molecule has 4 N–H and O–H groups in total. The number of pyridine rings is 1. The van der Waals surface area contributed by atoms with Crippen LogP contribution < -0.4 is 21.3 Å². The lowest BCUT2D eigenvalue weighted by atomic mass is 9.85. The van der Waals surface area contributed by atoms with Crippen molar-refractivity contribution in [2.45, 2.75) is 45.7 Å². The Labute approximate surface area is 277 Å². The fraction of sp³-hybridized carbons (Fsp3) is 0.429. The van der Waals surface area contributed by atoms with Crippen LogP contribution in [0.5, 0.6) is 0 Å². The van der Waals surface area contributed by atoms with Gasteiger partial charge in [0, 0.05) is 48.7 Å². The van der Waals surface area contributed by atoms with Crippen molar-refractivity contribution < 1.29 is 27.5 Å². The average Bonchev–Trinajstić information content (AvgIpc) is 3.82. The van der Waals surface area contributed by atoms with E-state index in [-0.39, 0.29) is 28.6 Å². The molecule has 0 unspecified atom stereocenters. The van der Waals surface area contributed by atoms with E-state index < -0.39 is 23.1 Å². The van der Waals surface area contributed by atoms with Crippen molar-refractivity contribution in [1.82, 2.24) is 25.8 Å². The Bertz CT molecular complexity index is 1670. The Morgan fingerprint density at radius 2 is 1.88 bits per heavy atom. The van der Waals surface area contributed by atoms with Gasteiger partial charge in [-0.05, 0) is 74.6 Å². The second kappa shape index (κ2) is 13.1. The predicted molar refractivity (Wildman–Crippen MR) is 176 cm³/mol. The number of likely N-dealkylation sites (tertiary alicyclic amines) is 1. The molecule has 254 valence electrons. The van der Waals surface area contributed by atoms with Crippen molar-refractivity contribution in [3.63, 3.8) is 0 Å². The zero-order valence-electron chi connectivity index (χ0n) is 27.0.